The fourth-order valence-corrected chi connectivity index (χ4v) is 4.79. The summed E-state index contributed by atoms with van der Waals surface area (Å²) in [6, 6.07) is 25.7. The van der Waals surface area contributed by atoms with Gasteiger partial charge in [-0.25, -0.2) is 4.98 Å². The number of thiophene rings is 2. The van der Waals surface area contributed by atoms with Crippen molar-refractivity contribution < 1.29 is 4.79 Å². The van der Waals surface area contributed by atoms with Gasteiger partial charge in [-0.3, -0.25) is 4.79 Å². The number of hydrogen-bond acceptors (Lipinski definition) is 4. The summed E-state index contributed by atoms with van der Waals surface area (Å²) >= 11 is 3.27. The number of hydrogen-bond donors (Lipinski definition) is 1. The summed E-state index contributed by atoms with van der Waals surface area (Å²) in [5, 5.41) is 8.03. The molecule has 3 aromatic heterocycles. The third kappa shape index (κ3) is 3.46. The standard InChI is InChI=1S/C24H16N2OS2/c27-24(26-20-10-4-2-8-17(20)22-11-5-13-28-22)18-15-21(23-12-6-14-29-23)25-19-9-3-1-7-16(18)19/h1-15H,(H,26,27). The second kappa shape index (κ2) is 7.62. The SMILES string of the molecule is O=C(Nc1ccccc1-c1cccs1)c1cc(-c2cccs2)nc2ccccc12. The number of nitrogens with one attached hydrogen (secondary N) is 1. The molecule has 29 heavy (non-hydrogen) atoms. The predicted molar refractivity (Wildman–Crippen MR) is 123 cm³/mol. The van der Waals surface area contributed by atoms with Crippen LogP contribution >= 0.6 is 22.7 Å². The number of aromatic nitrogens is 1. The van der Waals surface area contributed by atoms with Gasteiger partial charge in [-0.2, -0.15) is 0 Å². The van der Waals surface area contributed by atoms with Crippen molar-refractivity contribution in [3.63, 3.8) is 0 Å². The van der Waals surface area contributed by atoms with Crippen LogP contribution < -0.4 is 5.32 Å². The van der Waals surface area contributed by atoms with Crippen LogP contribution in [0.15, 0.2) is 89.6 Å². The zero-order valence-electron chi connectivity index (χ0n) is 15.3. The highest BCUT2D eigenvalue weighted by Crippen LogP contribution is 2.33. The van der Waals surface area contributed by atoms with E-state index in [0.717, 1.165) is 37.6 Å². The molecule has 0 aliphatic carbocycles. The molecule has 5 aromatic rings. The number of amides is 1. The molecule has 0 unspecified atom stereocenters. The smallest absolute Gasteiger partial charge is 0.256 e. The van der Waals surface area contributed by atoms with Crippen molar-refractivity contribution in [3.05, 3.63) is 95.2 Å². The quantitative estimate of drug-likeness (QED) is 0.347. The van der Waals surface area contributed by atoms with Crippen LogP contribution in [0, 0.1) is 0 Å². The Labute approximate surface area is 176 Å². The second-order valence-corrected chi connectivity index (χ2v) is 8.42. The molecule has 1 N–H and O–H groups in total. The summed E-state index contributed by atoms with van der Waals surface area (Å²) < 4.78 is 0. The van der Waals surface area contributed by atoms with Crippen molar-refractivity contribution in [3.8, 4) is 21.0 Å². The Kier molecular flexibility index (Phi) is 4.68. The summed E-state index contributed by atoms with van der Waals surface area (Å²) in [6.45, 7) is 0. The molecule has 0 spiro atoms. The van der Waals surface area contributed by atoms with Gasteiger partial charge in [0.1, 0.15) is 0 Å². The number of para-hydroxylation sites is 2. The van der Waals surface area contributed by atoms with E-state index in [1.165, 1.54) is 0 Å². The number of benzene rings is 2. The molecule has 0 radical (unpaired) electrons. The van der Waals surface area contributed by atoms with E-state index >= 15 is 0 Å². The minimum absolute atomic E-state index is 0.134. The van der Waals surface area contributed by atoms with Gasteiger partial charge in [0.2, 0.25) is 0 Å². The highest BCUT2D eigenvalue weighted by Gasteiger charge is 2.16. The second-order valence-electron chi connectivity index (χ2n) is 6.53. The lowest BCUT2D eigenvalue weighted by molar-refractivity contribution is 0.102. The summed E-state index contributed by atoms with van der Waals surface area (Å²) in [4.78, 5) is 20.3. The van der Waals surface area contributed by atoms with Gasteiger partial charge < -0.3 is 5.32 Å². The Hall–Kier alpha value is -3.28. The minimum Gasteiger partial charge on any atom is -0.321 e. The van der Waals surface area contributed by atoms with Crippen molar-refractivity contribution in [2.75, 3.05) is 5.32 Å². The molecule has 1 amide bonds. The predicted octanol–water partition coefficient (Wildman–Crippen LogP) is 6.94. The average Bonchev–Trinajstić information content (AvgIpc) is 3.47. The lowest BCUT2D eigenvalue weighted by Gasteiger charge is -2.12. The van der Waals surface area contributed by atoms with Crippen molar-refractivity contribution in [2.45, 2.75) is 0 Å². The fourth-order valence-electron chi connectivity index (χ4n) is 3.34. The van der Waals surface area contributed by atoms with E-state index in [1.807, 2.05) is 83.6 Å². The van der Waals surface area contributed by atoms with E-state index in [-0.39, 0.29) is 5.91 Å². The Balaban J connectivity index is 1.59. The maximum absolute atomic E-state index is 13.3. The van der Waals surface area contributed by atoms with Crippen LogP contribution in [-0.2, 0) is 0 Å². The van der Waals surface area contributed by atoms with Crippen LogP contribution in [-0.4, -0.2) is 10.9 Å². The van der Waals surface area contributed by atoms with E-state index in [9.17, 15) is 4.79 Å². The maximum atomic E-state index is 13.3. The van der Waals surface area contributed by atoms with Crippen LogP contribution in [0.2, 0.25) is 0 Å². The highest BCUT2D eigenvalue weighted by atomic mass is 32.1. The van der Waals surface area contributed by atoms with Gasteiger partial charge in [-0.1, -0.05) is 48.5 Å². The van der Waals surface area contributed by atoms with E-state index in [1.54, 1.807) is 22.7 Å². The molecule has 5 heteroatoms. The topological polar surface area (TPSA) is 42.0 Å². The van der Waals surface area contributed by atoms with Gasteiger partial charge in [-0.05, 0) is 41.1 Å². The highest BCUT2D eigenvalue weighted by molar-refractivity contribution is 7.13. The normalized spacial score (nSPS) is 10.9. The van der Waals surface area contributed by atoms with Crippen molar-refractivity contribution in [1.82, 2.24) is 4.98 Å². The molecular weight excluding hydrogens is 396 g/mol. The van der Waals surface area contributed by atoms with Crippen molar-refractivity contribution in [2.24, 2.45) is 0 Å². The minimum atomic E-state index is -0.134. The summed E-state index contributed by atoms with van der Waals surface area (Å²) in [7, 11) is 0. The lowest BCUT2D eigenvalue weighted by atomic mass is 10.1. The number of carbonyl (C=O) groups excluding carboxylic acids is 1. The van der Waals surface area contributed by atoms with E-state index in [2.05, 4.69) is 11.4 Å². The van der Waals surface area contributed by atoms with Gasteiger partial charge in [0.25, 0.3) is 5.91 Å². The summed E-state index contributed by atoms with van der Waals surface area (Å²) in [5.41, 5.74) is 4.08. The molecule has 0 saturated heterocycles. The first-order valence-corrected chi connectivity index (χ1v) is 10.9. The Morgan fingerprint density at radius 1 is 0.793 bits per heavy atom. The van der Waals surface area contributed by atoms with E-state index < -0.39 is 0 Å². The number of carbonyl (C=O) groups is 1. The molecule has 0 bridgehead atoms. The number of anilines is 1. The Morgan fingerprint density at radius 2 is 1.52 bits per heavy atom. The molecule has 0 aliphatic rings. The molecule has 5 rings (SSSR count). The molecule has 2 aromatic carbocycles. The summed E-state index contributed by atoms with van der Waals surface area (Å²) in [6.07, 6.45) is 0. The molecule has 0 fully saturated rings. The monoisotopic (exact) mass is 412 g/mol. The third-order valence-corrected chi connectivity index (χ3v) is 6.49. The molecule has 140 valence electrons. The molecule has 0 saturated carbocycles. The largest absolute Gasteiger partial charge is 0.321 e. The first-order valence-electron chi connectivity index (χ1n) is 9.17. The van der Waals surface area contributed by atoms with Crippen LogP contribution in [0.5, 0.6) is 0 Å². The summed E-state index contributed by atoms with van der Waals surface area (Å²) in [5.74, 6) is -0.134. The van der Waals surface area contributed by atoms with Gasteiger partial charge in [0, 0.05) is 21.5 Å². The lowest BCUT2D eigenvalue weighted by Crippen LogP contribution is -2.13. The van der Waals surface area contributed by atoms with Gasteiger partial charge in [-0.15, -0.1) is 22.7 Å². The number of rotatable bonds is 4. The van der Waals surface area contributed by atoms with Crippen LogP contribution in [0.4, 0.5) is 5.69 Å². The van der Waals surface area contributed by atoms with E-state index in [4.69, 9.17) is 4.98 Å². The first kappa shape index (κ1) is 17.8. The molecule has 0 aliphatic heterocycles. The maximum Gasteiger partial charge on any atom is 0.256 e. The van der Waals surface area contributed by atoms with Crippen LogP contribution in [0.3, 0.4) is 0 Å². The number of fused-ring (bicyclic) bond motifs is 1. The van der Waals surface area contributed by atoms with Crippen molar-refractivity contribution >= 4 is 45.2 Å². The molecular formula is C24H16N2OS2. The van der Waals surface area contributed by atoms with Gasteiger partial charge in [0.15, 0.2) is 0 Å². The van der Waals surface area contributed by atoms with Crippen LogP contribution in [0.25, 0.3) is 31.9 Å². The first-order chi connectivity index (χ1) is 14.3. The number of pyridine rings is 1. The Morgan fingerprint density at radius 3 is 2.31 bits per heavy atom. The van der Waals surface area contributed by atoms with Gasteiger partial charge in [0.05, 0.1) is 21.7 Å². The Bertz CT molecular complexity index is 1290. The van der Waals surface area contributed by atoms with Crippen LogP contribution in [0.1, 0.15) is 10.4 Å². The zero-order chi connectivity index (χ0) is 19.6. The number of nitrogens with zero attached hydrogens (tertiary/aromatic N) is 1. The molecule has 3 nitrogen and oxygen atoms in total. The molecule has 0 atom stereocenters. The van der Waals surface area contributed by atoms with Gasteiger partial charge >= 0.3 is 0 Å². The fraction of sp³-hybridized carbons (Fsp3) is 0. The van der Waals surface area contributed by atoms with E-state index in [0.29, 0.717) is 5.56 Å². The zero-order valence-corrected chi connectivity index (χ0v) is 17.0. The average molecular weight is 413 g/mol. The molecule has 3 heterocycles. The third-order valence-electron chi connectivity index (χ3n) is 4.70. The van der Waals surface area contributed by atoms with Crippen molar-refractivity contribution in [1.29, 1.82) is 0 Å².